The Kier molecular flexibility index (Phi) is 5.54. The summed E-state index contributed by atoms with van der Waals surface area (Å²) in [6.45, 7) is 1.83. The number of hydrogen-bond donors (Lipinski definition) is 2. The summed E-state index contributed by atoms with van der Waals surface area (Å²) in [5.41, 5.74) is -0.551. The fourth-order valence-electron chi connectivity index (χ4n) is 3.36. The van der Waals surface area contributed by atoms with Crippen molar-refractivity contribution in [2.75, 3.05) is 18.0 Å². The zero-order chi connectivity index (χ0) is 23.2. The Morgan fingerprint density at radius 2 is 2.03 bits per heavy atom. The van der Waals surface area contributed by atoms with E-state index in [0.717, 1.165) is 17.7 Å². The molecule has 0 aliphatic carbocycles. The third kappa shape index (κ3) is 3.77. The predicted octanol–water partition coefficient (Wildman–Crippen LogP) is 1.36. The number of nitrogens with one attached hydrogen (secondary N) is 1. The Bertz CT molecular complexity index is 1260. The highest BCUT2D eigenvalue weighted by atomic mass is 32.1. The number of pyridine rings is 2. The summed E-state index contributed by atoms with van der Waals surface area (Å²) in [6.07, 6.45) is -3.64. The summed E-state index contributed by atoms with van der Waals surface area (Å²) >= 11 is 0.973. The largest absolute Gasteiger partial charge is 0.477 e. The van der Waals surface area contributed by atoms with Gasteiger partial charge in [0.1, 0.15) is 17.7 Å². The van der Waals surface area contributed by atoms with Crippen molar-refractivity contribution in [3.63, 3.8) is 0 Å². The number of nitrogens with zero attached hydrogens (tertiary/aromatic N) is 5. The maximum Gasteiger partial charge on any atom is 0.341 e. The number of aryl methyl sites for hydroxylation is 1. The first kappa shape index (κ1) is 21.7. The number of carboxylic acids is 1. The van der Waals surface area contributed by atoms with Gasteiger partial charge in [-0.1, -0.05) is 0 Å². The molecule has 1 aliphatic heterocycles. The van der Waals surface area contributed by atoms with Gasteiger partial charge in [0.15, 0.2) is 5.65 Å². The molecule has 3 aromatic rings. The summed E-state index contributed by atoms with van der Waals surface area (Å²) < 4.78 is 42.9. The number of fused-ring (bicyclic) bond motifs is 1. The highest BCUT2D eigenvalue weighted by molar-refractivity contribution is 7.08. The first-order chi connectivity index (χ1) is 15.2. The topological polar surface area (TPSA) is 130 Å². The molecule has 1 fully saturated rings. The van der Waals surface area contributed by atoms with Crippen molar-refractivity contribution in [3.8, 4) is 5.13 Å². The third-order valence-corrected chi connectivity index (χ3v) is 5.67. The molecule has 168 valence electrons. The average molecular weight is 468 g/mol. The van der Waals surface area contributed by atoms with Crippen LogP contribution >= 0.6 is 11.5 Å². The van der Waals surface area contributed by atoms with Gasteiger partial charge in [-0.05, 0) is 18.6 Å². The Balaban J connectivity index is 1.70. The van der Waals surface area contributed by atoms with Crippen LogP contribution in [0.3, 0.4) is 0 Å². The van der Waals surface area contributed by atoms with Gasteiger partial charge in [-0.25, -0.2) is 27.9 Å². The van der Waals surface area contributed by atoms with Gasteiger partial charge >= 0.3 is 5.97 Å². The molecule has 0 saturated carbocycles. The van der Waals surface area contributed by atoms with Crippen LogP contribution in [0, 0.1) is 12.8 Å². The van der Waals surface area contributed by atoms with Crippen molar-refractivity contribution in [1.82, 2.24) is 24.2 Å². The molecule has 1 saturated heterocycles. The van der Waals surface area contributed by atoms with Crippen LogP contribution < -0.4 is 15.6 Å². The van der Waals surface area contributed by atoms with E-state index in [9.17, 15) is 32.7 Å². The number of halogens is 3. The van der Waals surface area contributed by atoms with Crippen LogP contribution in [0.25, 0.3) is 16.2 Å². The van der Waals surface area contributed by atoms with Crippen molar-refractivity contribution < 1.29 is 27.9 Å². The molecular weight excluding hydrogens is 453 g/mol. The minimum absolute atomic E-state index is 0.0934. The molecule has 0 radical (unpaired) electrons. The molecule has 1 aliphatic rings. The van der Waals surface area contributed by atoms with Gasteiger partial charge in [-0.15, -0.1) is 0 Å². The Hall–Kier alpha value is -3.55. The molecule has 1 unspecified atom stereocenters. The lowest BCUT2D eigenvalue weighted by atomic mass is 9.98. The first-order valence-electron chi connectivity index (χ1n) is 9.22. The smallest absolute Gasteiger partial charge is 0.341 e. The van der Waals surface area contributed by atoms with E-state index in [0.29, 0.717) is 16.5 Å². The van der Waals surface area contributed by atoms with E-state index in [1.807, 2.05) is 0 Å². The monoisotopic (exact) mass is 468 g/mol. The maximum absolute atomic E-state index is 13.1. The SMILES string of the molecule is Cc1cc(N2CC(C(=O)NC(F)C(F)F)C2)nc2c1c(=O)c(C(=O)O)cn2-c1ncns1. The quantitative estimate of drug-likeness (QED) is 0.519. The van der Waals surface area contributed by atoms with E-state index in [-0.39, 0.29) is 24.1 Å². The minimum Gasteiger partial charge on any atom is -0.477 e. The van der Waals surface area contributed by atoms with Crippen LogP contribution in [-0.4, -0.2) is 61.7 Å². The molecule has 4 heterocycles. The molecule has 3 aromatic heterocycles. The molecule has 1 atom stereocenters. The number of carbonyl (C=O) groups excluding carboxylic acids is 1. The normalized spacial score (nSPS) is 15.1. The number of aromatic nitrogens is 4. The fourth-order valence-corrected chi connectivity index (χ4v) is 3.87. The average Bonchev–Trinajstić information content (AvgIpc) is 3.20. The molecular formula is C18H15F3N6O4S. The van der Waals surface area contributed by atoms with E-state index in [1.165, 1.54) is 10.9 Å². The number of alkyl halides is 3. The van der Waals surface area contributed by atoms with Gasteiger partial charge in [0.2, 0.25) is 22.8 Å². The third-order valence-electron chi connectivity index (χ3n) is 5.01. The lowest BCUT2D eigenvalue weighted by Crippen LogP contribution is -2.55. The van der Waals surface area contributed by atoms with Crippen molar-refractivity contribution in [2.24, 2.45) is 5.92 Å². The fraction of sp³-hybridized carbons (Fsp3) is 0.333. The predicted molar refractivity (Wildman–Crippen MR) is 107 cm³/mol. The summed E-state index contributed by atoms with van der Waals surface area (Å²) in [4.78, 5) is 46.4. The second-order valence-electron chi connectivity index (χ2n) is 7.11. The van der Waals surface area contributed by atoms with E-state index in [1.54, 1.807) is 23.2 Å². The second kappa shape index (κ2) is 8.18. The van der Waals surface area contributed by atoms with Gasteiger partial charge in [0.05, 0.1) is 11.3 Å². The van der Waals surface area contributed by atoms with Crippen molar-refractivity contribution >= 4 is 40.3 Å². The van der Waals surface area contributed by atoms with Crippen LogP contribution in [0.5, 0.6) is 0 Å². The summed E-state index contributed by atoms with van der Waals surface area (Å²) in [5.74, 6) is -2.55. The number of anilines is 1. The Morgan fingerprint density at radius 3 is 2.62 bits per heavy atom. The summed E-state index contributed by atoms with van der Waals surface area (Å²) in [7, 11) is 0. The molecule has 2 N–H and O–H groups in total. The molecule has 4 rings (SSSR count). The zero-order valence-corrected chi connectivity index (χ0v) is 17.1. The summed E-state index contributed by atoms with van der Waals surface area (Å²) in [5, 5.41) is 11.4. The summed E-state index contributed by atoms with van der Waals surface area (Å²) in [6, 6.07) is 1.56. The van der Waals surface area contributed by atoms with E-state index in [4.69, 9.17) is 0 Å². The number of amides is 1. The minimum atomic E-state index is -3.31. The first-order valence-corrected chi connectivity index (χ1v) is 9.99. The lowest BCUT2D eigenvalue weighted by Gasteiger charge is -2.39. The van der Waals surface area contributed by atoms with Crippen LogP contribution in [0.2, 0.25) is 0 Å². The second-order valence-corrected chi connectivity index (χ2v) is 7.87. The molecule has 32 heavy (non-hydrogen) atoms. The van der Waals surface area contributed by atoms with E-state index in [2.05, 4.69) is 14.3 Å². The van der Waals surface area contributed by atoms with Gasteiger partial charge < -0.3 is 15.3 Å². The number of aromatic carboxylic acids is 1. The maximum atomic E-state index is 13.1. The standard InChI is InChI=1S/C18H15F3N6O4S/c1-7-2-10(26-3-8(4-26)16(29)25-14(21)13(19)20)24-15-11(7)12(28)9(17(30)31)5-27(15)18-22-6-23-32-18/h2,5-6,8,13-14H,3-4H2,1H3,(H,25,29)(H,30,31). The molecule has 0 bridgehead atoms. The van der Waals surface area contributed by atoms with Crippen LogP contribution in [-0.2, 0) is 4.79 Å². The molecule has 0 spiro atoms. The van der Waals surface area contributed by atoms with Gasteiger partial charge in [-0.3, -0.25) is 14.2 Å². The van der Waals surface area contributed by atoms with Gasteiger partial charge in [0.25, 0.3) is 6.43 Å². The number of hydrogen-bond acceptors (Lipinski definition) is 8. The van der Waals surface area contributed by atoms with Crippen LogP contribution in [0.4, 0.5) is 19.0 Å². The Labute approximate surface area is 181 Å². The van der Waals surface area contributed by atoms with Crippen LogP contribution in [0.15, 0.2) is 23.4 Å². The van der Waals surface area contributed by atoms with Crippen molar-refractivity contribution in [2.45, 2.75) is 19.6 Å². The van der Waals surface area contributed by atoms with Crippen LogP contribution in [0.1, 0.15) is 15.9 Å². The Morgan fingerprint density at radius 1 is 1.31 bits per heavy atom. The lowest BCUT2D eigenvalue weighted by molar-refractivity contribution is -0.129. The molecule has 0 aromatic carbocycles. The van der Waals surface area contributed by atoms with E-state index >= 15 is 0 Å². The highest BCUT2D eigenvalue weighted by Gasteiger charge is 2.36. The molecule has 1 amide bonds. The number of carboxylic acid groups (broad SMARTS) is 1. The van der Waals surface area contributed by atoms with Gasteiger partial charge in [-0.2, -0.15) is 4.37 Å². The number of rotatable bonds is 6. The number of carbonyl (C=O) groups is 2. The highest BCUT2D eigenvalue weighted by Crippen LogP contribution is 2.28. The molecule has 14 heteroatoms. The molecule has 10 nitrogen and oxygen atoms in total. The zero-order valence-electron chi connectivity index (χ0n) is 16.3. The van der Waals surface area contributed by atoms with E-state index < -0.39 is 41.5 Å². The van der Waals surface area contributed by atoms with Gasteiger partial charge in [0, 0.05) is 30.8 Å². The van der Waals surface area contributed by atoms with Crippen molar-refractivity contribution in [3.05, 3.63) is 39.9 Å². The van der Waals surface area contributed by atoms with Crippen molar-refractivity contribution in [1.29, 1.82) is 0 Å².